The highest BCUT2D eigenvalue weighted by Crippen LogP contribution is 2.15. The lowest BCUT2D eigenvalue weighted by Crippen LogP contribution is -2.35. The Balaban J connectivity index is 2.04. The lowest BCUT2D eigenvalue weighted by molar-refractivity contribution is -0.123. The molecule has 0 aliphatic heterocycles. The van der Waals surface area contributed by atoms with Crippen molar-refractivity contribution in [2.75, 3.05) is 0 Å². The summed E-state index contributed by atoms with van der Waals surface area (Å²) in [7, 11) is 1.75. The SMILES string of the molecule is C[C@H](NC(=O)C(N)c1cnn(C)c1)c1cccc(F)c1. The first-order valence-corrected chi connectivity index (χ1v) is 6.27. The highest BCUT2D eigenvalue weighted by molar-refractivity contribution is 5.83. The third kappa shape index (κ3) is 3.21. The van der Waals surface area contributed by atoms with Gasteiger partial charge < -0.3 is 11.1 Å². The Bertz CT molecular complexity index is 611. The van der Waals surface area contributed by atoms with E-state index >= 15 is 0 Å². The van der Waals surface area contributed by atoms with Crippen LogP contribution in [0.1, 0.15) is 30.1 Å². The maximum atomic E-state index is 13.1. The molecule has 0 fully saturated rings. The Hall–Kier alpha value is -2.21. The molecule has 0 radical (unpaired) electrons. The average Bonchev–Trinajstić information content (AvgIpc) is 2.84. The molecule has 1 unspecified atom stereocenters. The van der Waals surface area contributed by atoms with Gasteiger partial charge in [0.1, 0.15) is 11.9 Å². The van der Waals surface area contributed by atoms with Crippen LogP contribution in [0.2, 0.25) is 0 Å². The van der Waals surface area contributed by atoms with E-state index in [9.17, 15) is 9.18 Å². The lowest BCUT2D eigenvalue weighted by atomic mass is 10.1. The van der Waals surface area contributed by atoms with Crippen molar-refractivity contribution < 1.29 is 9.18 Å². The molecule has 0 aliphatic rings. The molecule has 0 aliphatic carbocycles. The molecule has 0 saturated heterocycles. The summed E-state index contributed by atoms with van der Waals surface area (Å²) in [5.74, 6) is -0.657. The first-order valence-electron chi connectivity index (χ1n) is 6.27. The van der Waals surface area contributed by atoms with Gasteiger partial charge in [0.15, 0.2) is 0 Å². The van der Waals surface area contributed by atoms with Crippen LogP contribution in [0, 0.1) is 5.82 Å². The number of nitrogens with one attached hydrogen (secondary N) is 1. The lowest BCUT2D eigenvalue weighted by Gasteiger charge is -2.17. The van der Waals surface area contributed by atoms with E-state index in [0.717, 1.165) is 0 Å². The van der Waals surface area contributed by atoms with E-state index in [2.05, 4.69) is 10.4 Å². The van der Waals surface area contributed by atoms with Gasteiger partial charge in [-0.25, -0.2) is 4.39 Å². The summed E-state index contributed by atoms with van der Waals surface area (Å²) in [6.07, 6.45) is 3.24. The number of carbonyl (C=O) groups excluding carboxylic acids is 1. The number of hydrogen-bond donors (Lipinski definition) is 2. The largest absolute Gasteiger partial charge is 0.348 e. The minimum atomic E-state index is -0.792. The van der Waals surface area contributed by atoms with E-state index in [1.54, 1.807) is 43.2 Å². The number of carbonyl (C=O) groups is 1. The van der Waals surface area contributed by atoms with E-state index in [0.29, 0.717) is 11.1 Å². The minimum Gasteiger partial charge on any atom is -0.348 e. The molecule has 106 valence electrons. The number of amides is 1. The van der Waals surface area contributed by atoms with Gasteiger partial charge in [0.25, 0.3) is 0 Å². The predicted molar refractivity (Wildman–Crippen MR) is 73.1 cm³/mol. The molecular weight excluding hydrogens is 259 g/mol. The number of aromatic nitrogens is 2. The fourth-order valence-corrected chi connectivity index (χ4v) is 1.91. The van der Waals surface area contributed by atoms with Crippen LogP contribution in [0.15, 0.2) is 36.7 Å². The average molecular weight is 276 g/mol. The number of hydrogen-bond acceptors (Lipinski definition) is 3. The van der Waals surface area contributed by atoms with Gasteiger partial charge in [-0.3, -0.25) is 9.48 Å². The standard InChI is InChI=1S/C14H17FN4O/c1-9(10-4-3-5-12(15)6-10)18-14(20)13(16)11-7-17-19(2)8-11/h3-9,13H,16H2,1-2H3,(H,18,20)/t9-,13?/m0/s1. The number of nitrogens with zero attached hydrogens (tertiary/aromatic N) is 2. The van der Waals surface area contributed by atoms with E-state index < -0.39 is 6.04 Å². The third-order valence-corrected chi connectivity index (χ3v) is 3.07. The molecule has 0 saturated carbocycles. The second-order valence-electron chi connectivity index (χ2n) is 4.71. The summed E-state index contributed by atoms with van der Waals surface area (Å²) in [6, 6.07) is 5.00. The smallest absolute Gasteiger partial charge is 0.242 e. The number of nitrogens with two attached hydrogens (primary N) is 1. The molecule has 20 heavy (non-hydrogen) atoms. The Labute approximate surface area is 116 Å². The van der Waals surface area contributed by atoms with Crippen LogP contribution in [0.3, 0.4) is 0 Å². The maximum Gasteiger partial charge on any atom is 0.242 e. The summed E-state index contributed by atoms with van der Waals surface area (Å²) < 4.78 is 14.7. The van der Waals surface area contributed by atoms with Gasteiger partial charge >= 0.3 is 0 Å². The topological polar surface area (TPSA) is 72.9 Å². The number of aryl methyl sites for hydroxylation is 1. The molecule has 0 spiro atoms. The van der Waals surface area contributed by atoms with Crippen LogP contribution >= 0.6 is 0 Å². The highest BCUT2D eigenvalue weighted by Gasteiger charge is 2.19. The monoisotopic (exact) mass is 276 g/mol. The molecule has 5 nitrogen and oxygen atoms in total. The van der Waals surface area contributed by atoms with E-state index in [4.69, 9.17) is 5.73 Å². The number of rotatable bonds is 4. The first kappa shape index (κ1) is 14.2. The molecule has 2 rings (SSSR count). The molecule has 1 aromatic carbocycles. The molecule has 1 aromatic heterocycles. The predicted octanol–water partition coefficient (Wildman–Crippen LogP) is 1.44. The quantitative estimate of drug-likeness (QED) is 0.887. The molecular formula is C14H17FN4O. The van der Waals surface area contributed by atoms with Crippen molar-refractivity contribution in [2.45, 2.75) is 19.0 Å². The van der Waals surface area contributed by atoms with Gasteiger partial charge in [-0.05, 0) is 24.6 Å². The van der Waals surface area contributed by atoms with Crippen LogP contribution in [-0.4, -0.2) is 15.7 Å². The first-order chi connectivity index (χ1) is 9.47. The van der Waals surface area contributed by atoms with E-state index in [1.807, 2.05) is 0 Å². The Morgan fingerprint density at radius 2 is 2.20 bits per heavy atom. The molecule has 2 aromatic rings. The van der Waals surface area contributed by atoms with Crippen LogP contribution < -0.4 is 11.1 Å². The van der Waals surface area contributed by atoms with E-state index in [-0.39, 0.29) is 17.8 Å². The molecule has 1 heterocycles. The second-order valence-corrected chi connectivity index (χ2v) is 4.71. The molecule has 2 atom stereocenters. The summed E-state index contributed by atoms with van der Waals surface area (Å²) in [6.45, 7) is 1.78. The fraction of sp³-hybridized carbons (Fsp3) is 0.286. The minimum absolute atomic E-state index is 0.319. The summed E-state index contributed by atoms with van der Waals surface area (Å²) in [5, 5.41) is 6.74. The fourth-order valence-electron chi connectivity index (χ4n) is 1.91. The molecule has 0 bridgehead atoms. The van der Waals surface area contributed by atoms with Crippen LogP contribution in [-0.2, 0) is 11.8 Å². The zero-order valence-electron chi connectivity index (χ0n) is 11.4. The van der Waals surface area contributed by atoms with E-state index in [1.165, 1.54) is 12.1 Å². The zero-order valence-corrected chi connectivity index (χ0v) is 11.4. The summed E-state index contributed by atoms with van der Waals surface area (Å²) in [5.41, 5.74) is 7.20. The van der Waals surface area contributed by atoms with Crippen molar-refractivity contribution in [3.8, 4) is 0 Å². The van der Waals surface area contributed by atoms with Crippen molar-refractivity contribution in [1.82, 2.24) is 15.1 Å². The highest BCUT2D eigenvalue weighted by atomic mass is 19.1. The van der Waals surface area contributed by atoms with Crippen molar-refractivity contribution in [3.05, 3.63) is 53.6 Å². The van der Waals surface area contributed by atoms with Gasteiger partial charge in [0.05, 0.1) is 12.2 Å². The number of benzene rings is 1. The third-order valence-electron chi connectivity index (χ3n) is 3.07. The number of halogens is 1. The molecule has 6 heteroatoms. The van der Waals surface area contributed by atoms with Crippen LogP contribution in [0.25, 0.3) is 0 Å². The zero-order chi connectivity index (χ0) is 14.7. The summed E-state index contributed by atoms with van der Waals surface area (Å²) in [4.78, 5) is 12.1. The van der Waals surface area contributed by atoms with Gasteiger partial charge in [0.2, 0.25) is 5.91 Å². The van der Waals surface area contributed by atoms with Gasteiger partial charge in [-0.1, -0.05) is 12.1 Å². The second kappa shape index (κ2) is 5.83. The van der Waals surface area contributed by atoms with Gasteiger partial charge in [0, 0.05) is 18.8 Å². The Kier molecular flexibility index (Phi) is 4.14. The maximum absolute atomic E-state index is 13.1. The van der Waals surface area contributed by atoms with Gasteiger partial charge in [-0.15, -0.1) is 0 Å². The Morgan fingerprint density at radius 1 is 1.45 bits per heavy atom. The van der Waals surface area contributed by atoms with Crippen molar-refractivity contribution in [3.63, 3.8) is 0 Å². The van der Waals surface area contributed by atoms with Crippen molar-refractivity contribution in [1.29, 1.82) is 0 Å². The van der Waals surface area contributed by atoms with Crippen molar-refractivity contribution in [2.24, 2.45) is 12.8 Å². The Morgan fingerprint density at radius 3 is 2.80 bits per heavy atom. The molecule has 3 N–H and O–H groups in total. The van der Waals surface area contributed by atoms with Crippen LogP contribution in [0.5, 0.6) is 0 Å². The van der Waals surface area contributed by atoms with Crippen molar-refractivity contribution >= 4 is 5.91 Å². The summed E-state index contributed by atoms with van der Waals surface area (Å²) >= 11 is 0. The molecule has 1 amide bonds. The van der Waals surface area contributed by atoms with Gasteiger partial charge in [-0.2, -0.15) is 5.10 Å². The van der Waals surface area contributed by atoms with Crippen LogP contribution in [0.4, 0.5) is 4.39 Å². The normalized spacial score (nSPS) is 13.8.